The molecule has 1 fully saturated rings. The molecule has 1 heterocycles. The zero-order valence-electron chi connectivity index (χ0n) is 18.3. The van der Waals surface area contributed by atoms with Crippen molar-refractivity contribution >= 4 is 13.3 Å². The van der Waals surface area contributed by atoms with Crippen molar-refractivity contribution in [3.63, 3.8) is 0 Å². The SMILES string of the molecule is [B]c1c(-c2cc3c(cn2)C2CCC3C2)c(O)c(O)c2c1C(C)(C)C(C)(C)C2(C)C. The first-order valence-electron chi connectivity index (χ1n) is 10.8. The van der Waals surface area contributed by atoms with Crippen LogP contribution in [-0.4, -0.2) is 23.0 Å². The van der Waals surface area contributed by atoms with Crippen LogP contribution in [0.1, 0.15) is 94.9 Å². The number of nitrogens with zero attached hydrogens (tertiary/aromatic N) is 1. The predicted molar refractivity (Wildman–Crippen MR) is 118 cm³/mol. The molecule has 2 unspecified atom stereocenters. The minimum atomic E-state index is -0.343. The summed E-state index contributed by atoms with van der Waals surface area (Å²) in [6.45, 7) is 13.1. The first kappa shape index (κ1) is 19.0. The Morgan fingerprint density at radius 3 is 2.14 bits per heavy atom. The Bertz CT molecular complexity index is 1070. The van der Waals surface area contributed by atoms with Crippen LogP contribution in [0.25, 0.3) is 11.3 Å². The van der Waals surface area contributed by atoms with Crippen molar-refractivity contribution in [1.82, 2.24) is 4.98 Å². The molecule has 2 aromatic rings. The van der Waals surface area contributed by atoms with E-state index < -0.39 is 0 Å². The van der Waals surface area contributed by atoms with Gasteiger partial charge in [0.15, 0.2) is 11.5 Å². The topological polar surface area (TPSA) is 53.4 Å². The molecule has 0 saturated heterocycles. The maximum absolute atomic E-state index is 11.2. The average Bonchev–Trinajstić information content (AvgIpc) is 3.28. The van der Waals surface area contributed by atoms with Crippen molar-refractivity contribution in [2.24, 2.45) is 5.41 Å². The van der Waals surface area contributed by atoms with Gasteiger partial charge in [0.1, 0.15) is 7.85 Å². The molecular formula is C25H30BNO2. The number of fused-ring (bicyclic) bond motifs is 6. The number of aromatic nitrogens is 1. The quantitative estimate of drug-likeness (QED) is 0.540. The highest BCUT2D eigenvalue weighted by atomic mass is 16.3. The second kappa shape index (κ2) is 5.39. The Hall–Kier alpha value is -1.97. The molecule has 3 aliphatic rings. The van der Waals surface area contributed by atoms with Crippen LogP contribution in [0.2, 0.25) is 0 Å². The molecule has 1 aromatic heterocycles. The van der Waals surface area contributed by atoms with Crippen LogP contribution in [0.4, 0.5) is 0 Å². The molecule has 150 valence electrons. The number of phenolic OH excluding ortho intramolecular Hbond substituents is 2. The lowest BCUT2D eigenvalue weighted by atomic mass is 9.59. The minimum absolute atomic E-state index is 0.0448. The third-order valence-electron chi connectivity index (χ3n) is 9.40. The first-order chi connectivity index (χ1) is 13.4. The number of phenols is 2. The Morgan fingerprint density at radius 1 is 0.897 bits per heavy atom. The fourth-order valence-electron chi connectivity index (χ4n) is 6.52. The van der Waals surface area contributed by atoms with Gasteiger partial charge in [-0.1, -0.05) is 47.0 Å². The van der Waals surface area contributed by atoms with E-state index in [4.69, 9.17) is 12.8 Å². The fraction of sp³-hybridized carbons (Fsp3) is 0.560. The fourth-order valence-corrected chi connectivity index (χ4v) is 6.52. The lowest BCUT2D eigenvalue weighted by Crippen LogP contribution is -2.43. The molecule has 1 saturated carbocycles. The molecule has 29 heavy (non-hydrogen) atoms. The number of rotatable bonds is 1. The van der Waals surface area contributed by atoms with Crippen LogP contribution in [0.15, 0.2) is 12.3 Å². The highest BCUT2D eigenvalue weighted by Crippen LogP contribution is 2.64. The van der Waals surface area contributed by atoms with Gasteiger partial charge in [-0.05, 0) is 70.1 Å². The van der Waals surface area contributed by atoms with E-state index in [1.807, 2.05) is 6.20 Å². The molecule has 1 aromatic carbocycles. The van der Waals surface area contributed by atoms with Gasteiger partial charge in [0.2, 0.25) is 0 Å². The highest BCUT2D eigenvalue weighted by Gasteiger charge is 2.59. The van der Waals surface area contributed by atoms with E-state index in [0.717, 1.165) is 11.1 Å². The molecule has 0 aliphatic heterocycles. The Balaban J connectivity index is 1.79. The third kappa shape index (κ3) is 2.03. The van der Waals surface area contributed by atoms with Crippen molar-refractivity contribution < 1.29 is 10.2 Å². The zero-order chi connectivity index (χ0) is 21.1. The maximum atomic E-state index is 11.2. The van der Waals surface area contributed by atoms with E-state index in [2.05, 4.69) is 47.6 Å². The smallest absolute Gasteiger partial charge is 0.166 e. The van der Waals surface area contributed by atoms with Crippen LogP contribution in [0, 0.1) is 5.41 Å². The Kier molecular flexibility index (Phi) is 3.53. The monoisotopic (exact) mass is 387 g/mol. The van der Waals surface area contributed by atoms with Crippen LogP contribution < -0.4 is 5.46 Å². The summed E-state index contributed by atoms with van der Waals surface area (Å²) in [6, 6.07) is 2.11. The number of benzene rings is 1. The molecule has 3 aliphatic carbocycles. The van der Waals surface area contributed by atoms with Crippen molar-refractivity contribution in [3.8, 4) is 22.8 Å². The van der Waals surface area contributed by atoms with Crippen molar-refractivity contribution in [2.75, 3.05) is 0 Å². The molecule has 0 spiro atoms. The van der Waals surface area contributed by atoms with E-state index in [0.29, 0.717) is 28.6 Å². The van der Waals surface area contributed by atoms with Gasteiger partial charge in [0, 0.05) is 17.3 Å². The summed E-state index contributed by atoms with van der Waals surface area (Å²) in [7, 11) is 6.76. The summed E-state index contributed by atoms with van der Waals surface area (Å²) >= 11 is 0. The summed E-state index contributed by atoms with van der Waals surface area (Å²) in [5.41, 5.74) is 5.35. The van der Waals surface area contributed by atoms with Crippen molar-refractivity contribution in [3.05, 3.63) is 34.5 Å². The van der Waals surface area contributed by atoms with Gasteiger partial charge < -0.3 is 10.2 Å². The summed E-state index contributed by atoms with van der Waals surface area (Å²) in [5, 5.41) is 22.2. The number of aromatic hydroxyl groups is 2. The predicted octanol–water partition coefficient (Wildman–Crippen LogP) is 4.91. The van der Waals surface area contributed by atoms with E-state index in [1.54, 1.807) is 0 Å². The van der Waals surface area contributed by atoms with Gasteiger partial charge in [-0.3, -0.25) is 4.98 Å². The lowest BCUT2D eigenvalue weighted by Gasteiger charge is -2.44. The molecule has 5 rings (SSSR count). The van der Waals surface area contributed by atoms with Gasteiger partial charge in [0.25, 0.3) is 0 Å². The van der Waals surface area contributed by atoms with E-state index >= 15 is 0 Å². The first-order valence-corrected chi connectivity index (χ1v) is 10.8. The molecule has 0 amide bonds. The summed E-state index contributed by atoms with van der Waals surface area (Å²) in [4.78, 5) is 4.70. The van der Waals surface area contributed by atoms with Crippen LogP contribution in [-0.2, 0) is 10.8 Å². The summed E-state index contributed by atoms with van der Waals surface area (Å²) in [6.07, 6.45) is 5.67. The largest absolute Gasteiger partial charge is 0.504 e. The third-order valence-corrected chi connectivity index (χ3v) is 9.40. The number of hydrogen-bond donors (Lipinski definition) is 2. The maximum Gasteiger partial charge on any atom is 0.166 e. The van der Waals surface area contributed by atoms with Crippen LogP contribution in [0.3, 0.4) is 0 Å². The van der Waals surface area contributed by atoms with Gasteiger partial charge in [0.05, 0.1) is 5.69 Å². The zero-order valence-corrected chi connectivity index (χ0v) is 18.3. The lowest BCUT2D eigenvalue weighted by molar-refractivity contribution is 0.124. The van der Waals surface area contributed by atoms with E-state index in [1.165, 1.54) is 30.4 Å². The van der Waals surface area contributed by atoms with Crippen LogP contribution in [0.5, 0.6) is 11.5 Å². The molecule has 2 N–H and O–H groups in total. The van der Waals surface area contributed by atoms with Gasteiger partial charge >= 0.3 is 0 Å². The van der Waals surface area contributed by atoms with E-state index in [9.17, 15) is 10.2 Å². The molecule has 2 bridgehead atoms. The van der Waals surface area contributed by atoms with Crippen LogP contribution >= 0.6 is 0 Å². The van der Waals surface area contributed by atoms with Gasteiger partial charge in [-0.25, -0.2) is 0 Å². The average molecular weight is 387 g/mol. The van der Waals surface area contributed by atoms with Crippen molar-refractivity contribution in [1.29, 1.82) is 0 Å². The second-order valence-corrected chi connectivity index (χ2v) is 11.0. The molecule has 2 radical (unpaired) electrons. The van der Waals surface area contributed by atoms with Crippen molar-refractivity contribution in [2.45, 2.75) is 83.5 Å². The summed E-state index contributed by atoms with van der Waals surface area (Å²) in [5.74, 6) is 1.05. The minimum Gasteiger partial charge on any atom is -0.504 e. The molecule has 4 heteroatoms. The Labute approximate surface area is 175 Å². The van der Waals surface area contributed by atoms with E-state index in [-0.39, 0.29) is 27.7 Å². The number of pyridine rings is 1. The van der Waals surface area contributed by atoms with Gasteiger partial charge in [-0.2, -0.15) is 0 Å². The van der Waals surface area contributed by atoms with Gasteiger partial charge in [-0.15, -0.1) is 0 Å². The second-order valence-electron chi connectivity index (χ2n) is 11.0. The highest BCUT2D eigenvalue weighted by molar-refractivity contribution is 6.38. The summed E-state index contributed by atoms with van der Waals surface area (Å²) < 4.78 is 0. The normalized spacial score (nSPS) is 27.1. The number of hydrogen-bond acceptors (Lipinski definition) is 3. The molecule has 3 nitrogen and oxygen atoms in total. The Morgan fingerprint density at radius 2 is 1.48 bits per heavy atom. The molecular weight excluding hydrogens is 357 g/mol. The molecule has 2 atom stereocenters. The standard InChI is InChI=1S/C25H30BNO2/c1-23(2)18-19(24(3,4)25(23,5)6)22(29)21(28)17(20(18)26)16-10-14-12-7-8-13(9-12)15(14)11-27-16/h10-13,28-29H,7-9H2,1-6H3.